The normalized spacial score (nSPS) is 20.3. The van der Waals surface area contributed by atoms with Gasteiger partial charge in [0.15, 0.2) is 5.69 Å². The highest BCUT2D eigenvalue weighted by Gasteiger charge is 2.31. The molecule has 8 heteroatoms. The lowest BCUT2D eigenvalue weighted by molar-refractivity contribution is -0.137. The second-order valence-corrected chi connectivity index (χ2v) is 7.61. The summed E-state index contributed by atoms with van der Waals surface area (Å²) in [6.07, 6.45) is -3.50. The van der Waals surface area contributed by atoms with Gasteiger partial charge in [0.05, 0.1) is 11.3 Å². The molecule has 1 aliphatic heterocycles. The van der Waals surface area contributed by atoms with Crippen LogP contribution in [0.1, 0.15) is 42.0 Å². The predicted octanol–water partition coefficient (Wildman–Crippen LogP) is 3.68. The summed E-state index contributed by atoms with van der Waals surface area (Å²) in [6, 6.07) is 5.87. The first kappa shape index (κ1) is 20.1. The van der Waals surface area contributed by atoms with E-state index in [1.807, 2.05) is 13.8 Å². The number of alkyl halides is 3. The van der Waals surface area contributed by atoms with Crippen LogP contribution in [0.2, 0.25) is 0 Å². The Morgan fingerprint density at radius 2 is 1.79 bits per heavy atom. The Morgan fingerprint density at radius 1 is 1.14 bits per heavy atom. The molecule has 0 bridgehead atoms. The van der Waals surface area contributed by atoms with Crippen molar-refractivity contribution in [3.63, 3.8) is 0 Å². The molecule has 1 fully saturated rings. The van der Waals surface area contributed by atoms with Crippen LogP contribution in [0.25, 0.3) is 5.69 Å². The predicted molar refractivity (Wildman–Crippen MR) is 98.4 cm³/mol. The van der Waals surface area contributed by atoms with E-state index < -0.39 is 23.1 Å². The minimum absolute atomic E-state index is 0.141. The van der Waals surface area contributed by atoms with Crippen molar-refractivity contribution in [2.24, 2.45) is 11.8 Å². The van der Waals surface area contributed by atoms with E-state index >= 15 is 0 Å². The third-order valence-electron chi connectivity index (χ3n) is 4.88. The lowest BCUT2D eigenvalue weighted by atomic mass is 9.92. The summed E-state index contributed by atoms with van der Waals surface area (Å²) in [4.78, 5) is 26.9. The topological polar surface area (TPSA) is 55.2 Å². The van der Waals surface area contributed by atoms with E-state index in [1.165, 1.54) is 22.9 Å². The molecule has 5 nitrogen and oxygen atoms in total. The lowest BCUT2D eigenvalue weighted by Gasteiger charge is -2.34. The zero-order chi connectivity index (χ0) is 20.6. The van der Waals surface area contributed by atoms with Crippen molar-refractivity contribution in [1.82, 2.24) is 14.7 Å². The number of carbonyl (C=O) groups is 1. The number of aromatic nitrogens is 2. The second kappa shape index (κ2) is 7.41. The van der Waals surface area contributed by atoms with Gasteiger partial charge in [0.1, 0.15) is 0 Å². The molecule has 150 valence electrons. The van der Waals surface area contributed by atoms with E-state index in [2.05, 4.69) is 5.10 Å². The van der Waals surface area contributed by atoms with E-state index in [0.717, 1.165) is 18.6 Å². The molecule has 0 radical (unpaired) electrons. The van der Waals surface area contributed by atoms with Crippen LogP contribution in [-0.4, -0.2) is 33.7 Å². The average Bonchev–Trinajstić information content (AvgIpc) is 2.60. The van der Waals surface area contributed by atoms with Crippen molar-refractivity contribution in [2.45, 2.75) is 33.4 Å². The van der Waals surface area contributed by atoms with Gasteiger partial charge in [-0.15, -0.1) is 0 Å². The molecule has 3 rings (SSSR count). The molecule has 1 aromatic carbocycles. The van der Waals surface area contributed by atoms with Crippen LogP contribution >= 0.6 is 0 Å². The van der Waals surface area contributed by atoms with Crippen LogP contribution in [0.4, 0.5) is 13.2 Å². The summed E-state index contributed by atoms with van der Waals surface area (Å²) in [5.74, 6) is 0.136. The smallest absolute Gasteiger partial charge is 0.337 e. The number of aryl methyl sites for hydroxylation is 1. The molecule has 0 unspecified atom stereocenters. The van der Waals surface area contributed by atoms with E-state index in [9.17, 15) is 22.8 Å². The van der Waals surface area contributed by atoms with Crippen molar-refractivity contribution in [2.75, 3.05) is 13.1 Å². The van der Waals surface area contributed by atoms with Crippen LogP contribution in [0.15, 0.2) is 35.1 Å². The summed E-state index contributed by atoms with van der Waals surface area (Å²) in [7, 11) is 0. The van der Waals surface area contributed by atoms with Crippen molar-refractivity contribution in [1.29, 1.82) is 0 Å². The maximum Gasteiger partial charge on any atom is 0.416 e. The first-order valence-corrected chi connectivity index (χ1v) is 9.14. The maximum atomic E-state index is 13.0. The molecule has 0 aliphatic carbocycles. The third kappa shape index (κ3) is 4.10. The Bertz CT molecular complexity index is 942. The van der Waals surface area contributed by atoms with Gasteiger partial charge in [-0.2, -0.15) is 18.3 Å². The molecule has 2 atom stereocenters. The Balaban J connectivity index is 2.02. The summed E-state index contributed by atoms with van der Waals surface area (Å²) >= 11 is 0. The molecule has 0 spiro atoms. The van der Waals surface area contributed by atoms with Crippen LogP contribution in [0.5, 0.6) is 0 Å². The Hall–Kier alpha value is -2.64. The number of rotatable bonds is 2. The van der Waals surface area contributed by atoms with E-state index in [1.54, 1.807) is 11.8 Å². The number of carbonyl (C=O) groups excluding carboxylic acids is 1. The van der Waals surface area contributed by atoms with Crippen LogP contribution < -0.4 is 5.43 Å². The zero-order valence-electron chi connectivity index (χ0n) is 16.0. The first-order valence-electron chi connectivity index (χ1n) is 9.14. The second-order valence-electron chi connectivity index (χ2n) is 7.61. The third-order valence-corrected chi connectivity index (χ3v) is 4.88. The fourth-order valence-electron chi connectivity index (χ4n) is 3.75. The first-order chi connectivity index (χ1) is 13.1. The number of halogens is 3. The Morgan fingerprint density at radius 3 is 2.39 bits per heavy atom. The molecule has 2 aromatic rings. The van der Waals surface area contributed by atoms with Crippen molar-refractivity contribution < 1.29 is 18.0 Å². The number of hydrogen-bond donors (Lipinski definition) is 0. The van der Waals surface area contributed by atoms with E-state index in [-0.39, 0.29) is 11.4 Å². The highest BCUT2D eigenvalue weighted by Crippen LogP contribution is 2.30. The van der Waals surface area contributed by atoms with Gasteiger partial charge in [0.25, 0.3) is 5.91 Å². The Kier molecular flexibility index (Phi) is 5.32. The van der Waals surface area contributed by atoms with Gasteiger partial charge in [-0.25, -0.2) is 4.68 Å². The van der Waals surface area contributed by atoms with Crippen LogP contribution in [0.3, 0.4) is 0 Å². The molecule has 1 saturated heterocycles. The average molecular weight is 393 g/mol. The molecular formula is C20H22F3N3O2. The van der Waals surface area contributed by atoms with Crippen molar-refractivity contribution in [3.8, 4) is 5.69 Å². The van der Waals surface area contributed by atoms with E-state index in [0.29, 0.717) is 30.6 Å². The Labute approximate surface area is 160 Å². The summed E-state index contributed by atoms with van der Waals surface area (Å²) in [5, 5.41) is 4.14. The fourth-order valence-corrected chi connectivity index (χ4v) is 3.75. The molecule has 28 heavy (non-hydrogen) atoms. The fraction of sp³-hybridized carbons (Fsp3) is 0.450. The van der Waals surface area contributed by atoms with Gasteiger partial charge in [0.2, 0.25) is 5.43 Å². The van der Waals surface area contributed by atoms with Crippen molar-refractivity contribution >= 4 is 5.91 Å². The van der Waals surface area contributed by atoms with Crippen molar-refractivity contribution in [3.05, 3.63) is 57.5 Å². The maximum absolute atomic E-state index is 13.0. The van der Waals surface area contributed by atoms with Crippen LogP contribution in [0, 0.1) is 18.8 Å². The minimum Gasteiger partial charge on any atom is -0.337 e. The number of nitrogens with zero attached hydrogens (tertiary/aromatic N) is 3. The quantitative estimate of drug-likeness (QED) is 0.782. The monoisotopic (exact) mass is 393 g/mol. The molecule has 2 heterocycles. The van der Waals surface area contributed by atoms with Crippen LogP contribution in [-0.2, 0) is 6.18 Å². The summed E-state index contributed by atoms with van der Waals surface area (Å²) < 4.78 is 40.3. The summed E-state index contributed by atoms with van der Waals surface area (Å²) in [6.45, 7) is 6.70. The number of piperidine rings is 1. The molecular weight excluding hydrogens is 371 g/mol. The molecule has 1 amide bonds. The highest BCUT2D eigenvalue weighted by molar-refractivity contribution is 5.92. The highest BCUT2D eigenvalue weighted by atomic mass is 19.4. The molecule has 0 N–H and O–H groups in total. The number of hydrogen-bond acceptors (Lipinski definition) is 3. The SMILES string of the molecule is Cc1cc(=O)c(C(=O)N2C[C@@H](C)C[C@H](C)C2)nn1-c1cccc(C(F)(F)F)c1. The van der Waals surface area contributed by atoms with Gasteiger partial charge >= 0.3 is 6.18 Å². The molecule has 1 aromatic heterocycles. The largest absolute Gasteiger partial charge is 0.416 e. The van der Waals surface area contributed by atoms with Gasteiger partial charge in [-0.3, -0.25) is 9.59 Å². The standard InChI is InChI=1S/C20H22F3N3O2/c1-12-7-13(2)11-25(10-12)19(28)18-17(27)8-14(3)26(24-18)16-6-4-5-15(9-16)20(21,22)23/h4-6,8-9,12-13H,7,10-11H2,1-3H3/t12-,13-/m0/s1. The van der Waals surface area contributed by atoms with Gasteiger partial charge in [0, 0.05) is 24.8 Å². The number of likely N-dealkylation sites (tertiary alicyclic amines) is 1. The van der Waals surface area contributed by atoms with E-state index in [4.69, 9.17) is 0 Å². The zero-order valence-corrected chi connectivity index (χ0v) is 16.0. The minimum atomic E-state index is -4.50. The van der Waals surface area contributed by atoms with Gasteiger partial charge < -0.3 is 4.90 Å². The lowest BCUT2D eigenvalue weighted by Crippen LogP contribution is -2.44. The number of amides is 1. The molecule has 0 saturated carbocycles. The van der Waals surface area contributed by atoms with Gasteiger partial charge in [-0.05, 0) is 43.4 Å². The van der Waals surface area contributed by atoms with Gasteiger partial charge in [-0.1, -0.05) is 19.9 Å². The molecule has 1 aliphatic rings. The summed E-state index contributed by atoms with van der Waals surface area (Å²) in [5.41, 5.74) is -1.14. The number of benzene rings is 1.